The lowest BCUT2D eigenvalue weighted by Gasteiger charge is -2.21. The average molecular weight is 743 g/mol. The maximum absolute atomic E-state index is 12.7. The number of primary amides is 1. The van der Waals surface area contributed by atoms with Crippen molar-refractivity contribution in [2.45, 2.75) is 49.1 Å². The Balaban J connectivity index is 1.08. The molecule has 0 spiro atoms. The number of aliphatic hydroxyl groups is 3. The standard InChI is InChI=1S/C21H26N7O17P3/c22-17-12-19(25-7-24-17)28(8-26-12)21-16(42-46(33,34)35)14(30)11(41-21)6-39-48(43-44-48)45-47(36,37)38-5-10-13(29)15(31)20(40-10)27-3-1-2-9(4-27)18(23)32/h1-4,7-8,10-11,13-16,20-21,29-31H,5-6H2,(H5-2,22,23,24,25,32,33,34,35,36,37)/p+2/t10-,11-,13-,14-,15-,16-,20-,21-/m1/s1. The van der Waals surface area contributed by atoms with Gasteiger partial charge in [0, 0.05) is 6.07 Å². The Morgan fingerprint density at radius 3 is 2.46 bits per heavy atom. The number of aliphatic hydroxyl groups excluding tert-OH is 3. The zero-order chi connectivity index (χ0) is 34.6. The minimum atomic E-state index is -5.20. The molecule has 0 radical (unpaired) electrons. The van der Waals surface area contributed by atoms with Gasteiger partial charge in [0.25, 0.3) is 12.1 Å². The summed E-state index contributed by atoms with van der Waals surface area (Å²) in [6.45, 7) is -1.49. The minimum absolute atomic E-state index is 0.00826. The molecule has 1 unspecified atom stereocenters. The van der Waals surface area contributed by atoms with Crippen molar-refractivity contribution in [2.75, 3.05) is 18.9 Å². The Labute approximate surface area is 268 Å². The third-order valence-corrected chi connectivity index (χ3v) is 10.6. The van der Waals surface area contributed by atoms with Gasteiger partial charge in [-0.25, -0.2) is 24.1 Å². The number of carbonyl (C=O) groups is 1. The molecule has 9 atom stereocenters. The zero-order valence-electron chi connectivity index (χ0n) is 23.9. The topological polar surface area (TPSA) is 353 Å². The molecule has 27 heteroatoms. The van der Waals surface area contributed by atoms with Crippen LogP contribution in [0.4, 0.5) is 5.82 Å². The fourth-order valence-corrected chi connectivity index (χ4v) is 8.04. The molecule has 1 amide bonds. The highest BCUT2D eigenvalue weighted by molar-refractivity contribution is 7.68. The molecule has 0 saturated carbocycles. The molecule has 0 bridgehead atoms. The fourth-order valence-electron chi connectivity index (χ4n) is 4.92. The molecule has 262 valence electrons. The van der Waals surface area contributed by atoms with E-state index in [-0.39, 0.29) is 22.5 Å². The summed E-state index contributed by atoms with van der Waals surface area (Å²) >= 11 is 0. The number of carbonyl (C=O) groups excluding carboxylic acids is 1. The summed E-state index contributed by atoms with van der Waals surface area (Å²) in [5, 5.41) is 31.8. The van der Waals surface area contributed by atoms with Crippen molar-refractivity contribution in [3.05, 3.63) is 42.7 Å². The molecule has 3 aromatic rings. The van der Waals surface area contributed by atoms with Crippen molar-refractivity contribution in [1.29, 1.82) is 0 Å². The number of amides is 1. The van der Waals surface area contributed by atoms with Gasteiger partial charge >= 0.3 is 23.8 Å². The number of nitrogens with zero attached hydrogens (tertiary/aromatic N) is 5. The van der Waals surface area contributed by atoms with E-state index in [2.05, 4.69) is 24.3 Å². The number of ether oxygens (including phenoxy) is 2. The monoisotopic (exact) mass is 743 g/mol. The summed E-state index contributed by atoms with van der Waals surface area (Å²) in [5.74, 6) is -0.763. The molecule has 48 heavy (non-hydrogen) atoms. The summed E-state index contributed by atoms with van der Waals surface area (Å²) in [6, 6.07) is 2.87. The van der Waals surface area contributed by atoms with Gasteiger partial charge < -0.3 is 50.9 Å². The van der Waals surface area contributed by atoms with Gasteiger partial charge in [-0.2, -0.15) is 4.57 Å². The number of imidazole rings is 1. The highest BCUT2D eigenvalue weighted by Gasteiger charge is 2.76. The highest BCUT2D eigenvalue weighted by atomic mass is 31.3. The number of nitrogens with two attached hydrogens (primary N) is 2. The molecule has 3 aliphatic rings. The van der Waals surface area contributed by atoms with E-state index in [9.17, 15) is 43.9 Å². The molecule has 24 nitrogen and oxygen atoms in total. The van der Waals surface area contributed by atoms with E-state index in [0.29, 0.717) is 0 Å². The third-order valence-electron chi connectivity index (χ3n) is 7.17. The van der Waals surface area contributed by atoms with E-state index < -0.39 is 92.0 Å². The Morgan fingerprint density at radius 2 is 1.77 bits per heavy atom. The minimum Gasteiger partial charge on any atom is -0.387 e. The lowest BCUT2D eigenvalue weighted by molar-refractivity contribution is -0.765. The van der Waals surface area contributed by atoms with E-state index >= 15 is 0 Å². The Bertz CT molecular complexity index is 1780. The Hall–Kier alpha value is -2.70. The van der Waals surface area contributed by atoms with Crippen LogP contribution in [-0.4, -0.2) is 105 Å². The summed E-state index contributed by atoms with van der Waals surface area (Å²) in [4.78, 5) is 52.6. The number of hydrogen-bond acceptors (Lipinski definition) is 18. The van der Waals surface area contributed by atoms with Crippen LogP contribution in [0.2, 0.25) is 0 Å². The fraction of sp³-hybridized carbons (Fsp3) is 0.476. The van der Waals surface area contributed by atoms with Gasteiger partial charge in [0.05, 0.1) is 22.3 Å². The molecule has 3 fully saturated rings. The number of fused-ring (bicyclic) bond motifs is 1. The number of nitrogen functional groups attached to an aromatic ring is 1. The van der Waals surface area contributed by atoms with Crippen molar-refractivity contribution >= 4 is 46.7 Å². The first-order valence-corrected chi connectivity index (χ1v) is 18.0. The van der Waals surface area contributed by atoms with Gasteiger partial charge in [-0.3, -0.25) is 18.4 Å². The second-order valence-electron chi connectivity index (χ2n) is 10.4. The van der Waals surface area contributed by atoms with Crippen LogP contribution in [-0.2, 0) is 45.8 Å². The maximum atomic E-state index is 12.7. The number of phosphoric ester groups is 2. The average Bonchev–Trinajstić information content (AvgIpc) is 3.36. The van der Waals surface area contributed by atoms with E-state index in [1.807, 2.05) is 0 Å². The maximum Gasteiger partial charge on any atom is 0.655 e. The molecule has 0 aromatic carbocycles. The Morgan fingerprint density at radius 1 is 1.04 bits per heavy atom. The van der Waals surface area contributed by atoms with Gasteiger partial charge in [0.1, 0.15) is 54.5 Å². The van der Waals surface area contributed by atoms with Crippen LogP contribution in [0.15, 0.2) is 37.2 Å². The number of rotatable bonds is 13. The number of anilines is 1. The smallest absolute Gasteiger partial charge is 0.387 e. The zero-order valence-corrected chi connectivity index (χ0v) is 26.6. The lowest BCUT2D eigenvalue weighted by atomic mass is 10.1. The third kappa shape index (κ3) is 7.40. The van der Waals surface area contributed by atoms with E-state index in [1.54, 1.807) is 0 Å². The second-order valence-corrected chi connectivity index (χ2v) is 14.9. The van der Waals surface area contributed by atoms with E-state index in [1.165, 1.54) is 40.0 Å². The van der Waals surface area contributed by atoms with Gasteiger partial charge in [-0.1, -0.05) is 0 Å². The van der Waals surface area contributed by atoms with Crippen LogP contribution < -0.4 is 16.0 Å². The SMILES string of the molecule is NC(=O)c1ccc[n+]([C@@H]2O[C@H](COP(=O)(O)O[P+]3(OC[C@H]4O[C@@H](n5cnc6c(N)ncnc65)[C@H](OP(=O)(O)O)[C@@H]4O)OO3)[C@@H](O)[C@H]2O)c1. The predicted molar refractivity (Wildman–Crippen MR) is 150 cm³/mol. The van der Waals surface area contributed by atoms with Crippen LogP contribution in [0, 0.1) is 0 Å². The van der Waals surface area contributed by atoms with Gasteiger partial charge in [0.15, 0.2) is 36.2 Å². The highest BCUT2D eigenvalue weighted by Crippen LogP contribution is 2.83. The van der Waals surface area contributed by atoms with Crippen LogP contribution in [0.25, 0.3) is 11.2 Å². The van der Waals surface area contributed by atoms with E-state index in [4.69, 9.17) is 38.8 Å². The lowest BCUT2D eigenvalue weighted by Crippen LogP contribution is -2.46. The summed E-state index contributed by atoms with van der Waals surface area (Å²) < 4.78 is 67.5. The molecular formula is C21H28N7O17P3+2. The van der Waals surface area contributed by atoms with Crippen LogP contribution in [0.5, 0.6) is 0 Å². The second kappa shape index (κ2) is 13.2. The summed E-state index contributed by atoms with van der Waals surface area (Å²) in [5.41, 5.74) is 11.4. The number of hydrogen-bond donors (Lipinski definition) is 8. The molecule has 3 aliphatic heterocycles. The van der Waals surface area contributed by atoms with Crippen LogP contribution in [0.1, 0.15) is 22.8 Å². The number of pyridine rings is 1. The molecular weight excluding hydrogens is 715 g/mol. The molecule has 10 N–H and O–H groups in total. The molecule has 6 rings (SSSR count). The van der Waals surface area contributed by atoms with Crippen molar-refractivity contribution in [2.24, 2.45) is 5.73 Å². The normalized spacial score (nSPS) is 31.2. The van der Waals surface area contributed by atoms with Crippen LogP contribution in [0.3, 0.4) is 0 Å². The molecule has 3 saturated heterocycles. The number of phosphoric acid groups is 2. The first-order valence-electron chi connectivity index (χ1n) is 13.5. The van der Waals surface area contributed by atoms with Crippen molar-refractivity contribution in [3.8, 4) is 0 Å². The van der Waals surface area contributed by atoms with Crippen molar-refractivity contribution < 1.29 is 85.2 Å². The molecule has 0 aliphatic carbocycles. The van der Waals surface area contributed by atoms with Gasteiger partial charge in [-0.05, 0) is 10.4 Å². The van der Waals surface area contributed by atoms with Gasteiger partial charge in [0.2, 0.25) is 0 Å². The predicted octanol–water partition coefficient (Wildman–Crippen LogP) is -2.36. The number of aromatic nitrogens is 5. The van der Waals surface area contributed by atoms with E-state index in [0.717, 1.165) is 6.33 Å². The molecule has 6 heterocycles. The summed E-state index contributed by atoms with van der Waals surface area (Å²) in [6.07, 6.45) is -7.15. The largest absolute Gasteiger partial charge is 0.655 e. The van der Waals surface area contributed by atoms with Crippen molar-refractivity contribution in [3.63, 3.8) is 0 Å². The molecule has 3 aromatic heterocycles. The van der Waals surface area contributed by atoms with Gasteiger partial charge in [-0.15, -0.1) is 4.52 Å². The Kier molecular flexibility index (Phi) is 9.67. The summed E-state index contributed by atoms with van der Waals surface area (Å²) in [7, 11) is -14.3. The quantitative estimate of drug-likeness (QED) is 0.0393. The first-order chi connectivity index (χ1) is 22.6. The van der Waals surface area contributed by atoms with Crippen molar-refractivity contribution in [1.82, 2.24) is 19.5 Å². The van der Waals surface area contributed by atoms with Crippen LogP contribution >= 0.6 is 23.8 Å². The first kappa shape index (κ1) is 35.1.